The van der Waals surface area contributed by atoms with Crippen LogP contribution in [0.2, 0.25) is 5.02 Å². The van der Waals surface area contributed by atoms with Crippen LogP contribution < -0.4 is 31.8 Å². The summed E-state index contributed by atoms with van der Waals surface area (Å²) in [4.78, 5) is 55.1. The number of anilines is 1. The Bertz CT molecular complexity index is 1890. The Morgan fingerprint density at radius 3 is 2.27 bits per heavy atom. The predicted molar refractivity (Wildman–Crippen MR) is 230 cm³/mol. The Morgan fingerprint density at radius 1 is 0.966 bits per heavy atom. The van der Waals surface area contributed by atoms with Gasteiger partial charge in [-0.2, -0.15) is 0 Å². The number of Topliss-reactive ketones (excluding diaryl/α,β-unsaturated/α-hetero) is 1. The summed E-state index contributed by atoms with van der Waals surface area (Å²) in [6.45, 7) is 21.3. The molecule has 3 unspecified atom stereocenters. The number of ketones is 1. The van der Waals surface area contributed by atoms with Crippen molar-refractivity contribution in [1.82, 2.24) is 10.2 Å². The van der Waals surface area contributed by atoms with E-state index in [-0.39, 0.29) is 49.4 Å². The van der Waals surface area contributed by atoms with Gasteiger partial charge < -0.3 is 5.11 Å². The number of amides is 1. The van der Waals surface area contributed by atoms with Crippen molar-refractivity contribution in [2.24, 2.45) is 50.7 Å². The van der Waals surface area contributed by atoms with E-state index in [1.807, 2.05) is 12.1 Å². The molecule has 1 amide bonds. The number of hydrogen-bond donors (Lipinski definition) is 3. The minimum absolute atomic E-state index is 0.00128. The maximum absolute atomic E-state index is 14.4. The first-order valence-electron chi connectivity index (χ1n) is 21.9. The van der Waals surface area contributed by atoms with Gasteiger partial charge in [0.2, 0.25) is 0 Å². The molecule has 0 radical (unpaired) electrons. The Labute approximate surface area is 368 Å². The van der Waals surface area contributed by atoms with Crippen LogP contribution in [-0.2, 0) is 23.9 Å². The third-order valence-electron chi connectivity index (χ3n) is 16.2. The van der Waals surface area contributed by atoms with Crippen LogP contribution in [0.5, 0.6) is 0 Å². The number of esters is 1. The average Bonchev–Trinajstić information content (AvgIpc) is 3.42. The van der Waals surface area contributed by atoms with Crippen LogP contribution in [-0.4, -0.2) is 70.3 Å². The number of carbonyl (C=O) groups excluding carboxylic acids is 3. The molecule has 0 aliphatic heterocycles. The zero-order valence-electron chi connectivity index (χ0n) is 37.5. The van der Waals surface area contributed by atoms with Crippen molar-refractivity contribution in [2.75, 3.05) is 32.5 Å². The fraction of sp³-hybridized carbons (Fsp3) is 0.708. The molecule has 5 aliphatic rings. The number of aliphatic carboxylic acids is 1. The number of nitrogens with zero attached hydrogens (tertiary/aromatic N) is 1. The average molecular weight is 947 g/mol. The molecule has 0 bridgehead atoms. The van der Waals surface area contributed by atoms with E-state index in [0.29, 0.717) is 47.2 Å². The fourth-order valence-corrected chi connectivity index (χ4v) is 17.2. The number of halogens is 2. The van der Waals surface area contributed by atoms with Crippen LogP contribution in [0.15, 0.2) is 45.2 Å². The van der Waals surface area contributed by atoms with Gasteiger partial charge >= 0.3 is 330 Å². The molecule has 0 aromatic heterocycles. The topological polar surface area (TPSA) is 125 Å². The molecule has 8 atom stereocenters. The van der Waals surface area contributed by atoms with Gasteiger partial charge in [0.15, 0.2) is 0 Å². The van der Waals surface area contributed by atoms with E-state index in [1.54, 1.807) is 32.1 Å². The first-order valence-corrected chi connectivity index (χ1v) is 24.5. The number of allylic oxidation sites excluding steroid dienone is 2. The van der Waals surface area contributed by atoms with E-state index < -0.39 is 38.6 Å². The van der Waals surface area contributed by atoms with Crippen LogP contribution in [0.4, 0.5) is 5.69 Å². The first-order chi connectivity index (χ1) is 27.4. The minimum atomic E-state index is -1.17. The number of benzene rings is 1. The molecule has 3 N–H and O–H groups in total. The van der Waals surface area contributed by atoms with E-state index in [9.17, 15) is 24.3 Å². The summed E-state index contributed by atoms with van der Waals surface area (Å²) >= 11 is 5.31. The van der Waals surface area contributed by atoms with Crippen LogP contribution >= 0.6 is 11.6 Å². The summed E-state index contributed by atoms with van der Waals surface area (Å²) in [7, 11) is 4.11. The van der Waals surface area contributed by atoms with Crippen LogP contribution in [0.3, 0.4) is 0 Å². The number of ether oxygens (including phenoxy) is 1. The summed E-state index contributed by atoms with van der Waals surface area (Å²) in [6, 6.07) is 7.17. The van der Waals surface area contributed by atoms with Gasteiger partial charge in [0.05, 0.1) is 11.8 Å². The number of hydrogen-bond acceptors (Lipinski definition) is 7. The Balaban J connectivity index is 1.30. The molecule has 328 valence electrons. The summed E-state index contributed by atoms with van der Waals surface area (Å²) in [6.07, 6.45) is 9.95. The van der Waals surface area contributed by atoms with Crippen molar-refractivity contribution in [3.8, 4) is 0 Å². The number of carboxylic acids is 1. The maximum atomic E-state index is 14.4. The van der Waals surface area contributed by atoms with Gasteiger partial charge in [-0.3, -0.25) is 9.59 Å². The van der Waals surface area contributed by atoms with Crippen LogP contribution in [0, 0.1) is 50.7 Å². The predicted octanol–water partition coefficient (Wildman–Crippen LogP) is 6.51. The summed E-state index contributed by atoms with van der Waals surface area (Å²) in [5, 5.41) is 17.0. The van der Waals surface area contributed by atoms with Gasteiger partial charge in [-0.25, -0.2) is 0 Å². The second-order valence-corrected chi connectivity index (χ2v) is 25.4. The Kier molecular flexibility index (Phi) is 13.0. The van der Waals surface area contributed by atoms with E-state index in [2.05, 4.69) is 78.1 Å². The molecule has 0 spiro atoms. The Hall–Kier alpha value is -2.44. The zero-order chi connectivity index (χ0) is 43.5. The molecule has 4 fully saturated rings. The molecule has 1 aromatic rings. The number of fused-ring (bicyclic) bond motifs is 7. The first kappa shape index (κ1) is 46.1. The number of carboxylic acid groups (broad SMARTS) is 1. The molecule has 59 heavy (non-hydrogen) atoms. The molecule has 9 nitrogen and oxygen atoms in total. The fourth-order valence-electron chi connectivity index (χ4n) is 13.0. The molecule has 1 aromatic carbocycles. The quantitative estimate of drug-likeness (QED) is 0.0674. The van der Waals surface area contributed by atoms with Crippen molar-refractivity contribution < 1.29 is 50.2 Å². The number of carbonyl (C=O) groups is 4. The third kappa shape index (κ3) is 8.42. The number of nitrogens with one attached hydrogen (secondary N) is 2. The van der Waals surface area contributed by atoms with E-state index in [4.69, 9.17) is 16.3 Å². The molecule has 4 saturated carbocycles. The summed E-state index contributed by atoms with van der Waals surface area (Å²) < 4.78 is 6.95. The normalized spacial score (nSPS) is 34.2. The number of alkyl halides is 1. The monoisotopic (exact) mass is 946 g/mol. The zero-order valence-corrected chi connectivity index (χ0v) is 40.4. The van der Waals surface area contributed by atoms with Gasteiger partial charge in [-0.05, 0) is 13.8 Å². The summed E-state index contributed by atoms with van der Waals surface area (Å²) in [5.41, 5.74) is 1.87. The van der Waals surface area contributed by atoms with E-state index in [0.717, 1.165) is 67.2 Å². The van der Waals surface area contributed by atoms with Gasteiger partial charge in [0.1, 0.15) is 0 Å². The Morgan fingerprint density at radius 2 is 1.64 bits per heavy atom. The molecular weight excluding hydrogens is 877 g/mol. The molecule has 0 heterocycles. The van der Waals surface area contributed by atoms with Gasteiger partial charge in [0, 0.05) is 0 Å². The van der Waals surface area contributed by atoms with Crippen molar-refractivity contribution >= 4 is 40.9 Å². The van der Waals surface area contributed by atoms with Crippen LogP contribution in [0.25, 0.3) is 0 Å². The van der Waals surface area contributed by atoms with Crippen molar-refractivity contribution in [2.45, 2.75) is 136 Å². The second kappa shape index (κ2) is 16.7. The molecule has 6 rings (SSSR count). The molecule has 5 aliphatic carbocycles. The second-order valence-electron chi connectivity index (χ2n) is 21.2. The van der Waals surface area contributed by atoms with E-state index >= 15 is 0 Å². The van der Waals surface area contributed by atoms with Crippen molar-refractivity contribution in [1.29, 1.82) is 0 Å². The van der Waals surface area contributed by atoms with E-state index in [1.165, 1.54) is 5.57 Å². The molecule has 11 heteroatoms. The number of rotatable bonds is 13. The number of likely N-dealkylation sites (N-methyl/N-ethyl adjacent to an activating group) is 1. The molecule has 0 saturated heterocycles. The van der Waals surface area contributed by atoms with Gasteiger partial charge in [-0.1, -0.05) is 0 Å². The third-order valence-corrected chi connectivity index (χ3v) is 20.3. The standard InChI is InChI=1S/C48H70ClIN3O6/c1-29(2)40-33(54)27-48(50-37(51-24-25-53(10)11)26-38(55)52-31-14-12-30(49)13-15-31)23-22-46(8)32(41(40)48)16-17-35-45(7)20-19-36(59-39(56)28-43(3,4)42(57)58)44(5,6)34(45)18-21-47(35,46)9/h12-15,26,29,32,34-36,51H,16-25,27-28H2,1-11H3,(H,52,55)(H,57,58)/q-1/b37-26-/t32-,34?,35?,36+,45+,46-,47-,48?/m1/s1. The van der Waals surface area contributed by atoms with Crippen LogP contribution in [0.1, 0.15) is 127 Å². The van der Waals surface area contributed by atoms with Crippen molar-refractivity contribution in [3.05, 3.63) is 50.2 Å². The molecular formula is C48H70ClIN3O6-. The summed E-state index contributed by atoms with van der Waals surface area (Å²) in [5.74, 6) is -0.00655. The van der Waals surface area contributed by atoms with Gasteiger partial charge in [-0.15, -0.1) is 0 Å². The van der Waals surface area contributed by atoms with Crippen molar-refractivity contribution in [3.63, 3.8) is 0 Å². The SMILES string of the molecule is CC(C)C1=C2[C@H]3CCC4[C@@]5(C)CC[C@H](OC(=O)CC(C)(C)C(=O)O)C(C)(C)C5CC[C@@]4(C)[C@]3(C)CCC2([I-]/C(=C/C(=O)Nc2ccc(Cl)cc2)NCCN(C)C)CC1=O. The van der Waals surface area contributed by atoms with Gasteiger partial charge in [0.25, 0.3) is 0 Å².